The summed E-state index contributed by atoms with van der Waals surface area (Å²) in [6.45, 7) is 4.69. The molecule has 1 N–H and O–H groups in total. The van der Waals surface area contributed by atoms with Crippen molar-refractivity contribution in [2.24, 2.45) is 0 Å². The quantitative estimate of drug-likeness (QED) is 0.733. The molecular formula is C16H23Cl2N3O4S. The molecule has 2 aliphatic heterocycles. The molecule has 146 valence electrons. The Bertz CT molecular complexity index is 754. The summed E-state index contributed by atoms with van der Waals surface area (Å²) in [5.41, 5.74) is 0.228. The first kappa shape index (κ1) is 21.4. The first-order chi connectivity index (χ1) is 11.9. The summed E-state index contributed by atoms with van der Waals surface area (Å²) in [5.74, 6) is -0.550. The van der Waals surface area contributed by atoms with E-state index in [-0.39, 0.29) is 33.9 Å². The van der Waals surface area contributed by atoms with Crippen molar-refractivity contribution >= 4 is 40.0 Å². The Labute approximate surface area is 165 Å². The van der Waals surface area contributed by atoms with Crippen LogP contribution in [0.4, 0.5) is 0 Å². The maximum atomic E-state index is 12.9. The fourth-order valence-electron chi connectivity index (χ4n) is 3.37. The highest BCUT2D eigenvalue weighted by Gasteiger charge is 2.36. The molecule has 3 rings (SSSR count). The molecule has 0 bridgehead atoms. The number of esters is 1. The predicted molar refractivity (Wildman–Crippen MR) is 102 cm³/mol. The lowest BCUT2D eigenvalue weighted by Crippen LogP contribution is -2.49. The number of sulfonamides is 1. The van der Waals surface area contributed by atoms with Gasteiger partial charge in [0.15, 0.2) is 0 Å². The molecular weight excluding hydrogens is 401 g/mol. The molecule has 0 amide bonds. The van der Waals surface area contributed by atoms with E-state index >= 15 is 0 Å². The Kier molecular flexibility index (Phi) is 7.29. The summed E-state index contributed by atoms with van der Waals surface area (Å²) in [4.78, 5) is 13.9. The summed E-state index contributed by atoms with van der Waals surface area (Å²) in [6, 6.07) is 4.38. The SMILES string of the molecule is COC(=O)c1ccc(S(=O)(=O)N2CCC(N3CCNCC3)C2)c(Cl)c1.Cl. The molecule has 1 unspecified atom stereocenters. The van der Waals surface area contributed by atoms with E-state index in [0.717, 1.165) is 32.6 Å². The summed E-state index contributed by atoms with van der Waals surface area (Å²) in [6.07, 6.45) is 0.817. The maximum Gasteiger partial charge on any atom is 0.337 e. The minimum Gasteiger partial charge on any atom is -0.465 e. The maximum absolute atomic E-state index is 12.9. The van der Waals surface area contributed by atoms with Crippen LogP contribution in [0.5, 0.6) is 0 Å². The van der Waals surface area contributed by atoms with Crippen LogP contribution in [0.2, 0.25) is 5.02 Å². The first-order valence-corrected chi connectivity index (χ1v) is 10.1. The number of nitrogens with one attached hydrogen (secondary N) is 1. The number of halogens is 2. The van der Waals surface area contributed by atoms with Crippen molar-refractivity contribution in [1.82, 2.24) is 14.5 Å². The molecule has 0 saturated carbocycles. The number of ether oxygens (including phenoxy) is 1. The van der Waals surface area contributed by atoms with Gasteiger partial charge in [-0.2, -0.15) is 4.31 Å². The number of carbonyl (C=O) groups is 1. The molecule has 2 saturated heterocycles. The smallest absolute Gasteiger partial charge is 0.337 e. The van der Waals surface area contributed by atoms with Crippen LogP contribution in [-0.4, -0.2) is 76.0 Å². The second kappa shape index (κ2) is 8.86. The summed E-state index contributed by atoms with van der Waals surface area (Å²) < 4.78 is 32.0. The lowest BCUT2D eigenvalue weighted by Gasteiger charge is -2.32. The molecule has 0 aromatic heterocycles. The predicted octanol–water partition coefficient (Wildman–Crippen LogP) is 1.22. The summed E-state index contributed by atoms with van der Waals surface area (Å²) >= 11 is 6.15. The zero-order chi connectivity index (χ0) is 18.0. The van der Waals surface area contributed by atoms with Gasteiger partial charge >= 0.3 is 5.97 Å². The van der Waals surface area contributed by atoms with Crippen molar-refractivity contribution in [3.63, 3.8) is 0 Å². The molecule has 2 heterocycles. The zero-order valence-electron chi connectivity index (χ0n) is 14.5. The molecule has 0 aliphatic carbocycles. The molecule has 10 heteroatoms. The number of nitrogens with zero attached hydrogens (tertiary/aromatic N) is 2. The molecule has 1 aromatic carbocycles. The van der Waals surface area contributed by atoms with Gasteiger partial charge in [0.05, 0.1) is 17.7 Å². The number of piperazine rings is 1. The molecule has 26 heavy (non-hydrogen) atoms. The van der Waals surface area contributed by atoms with Crippen LogP contribution in [0.1, 0.15) is 16.8 Å². The second-order valence-corrected chi connectivity index (χ2v) is 8.54. The highest BCUT2D eigenvalue weighted by atomic mass is 35.5. The lowest BCUT2D eigenvalue weighted by atomic mass is 10.2. The number of rotatable bonds is 4. The fourth-order valence-corrected chi connectivity index (χ4v) is 5.38. The van der Waals surface area contributed by atoms with Gasteiger partial charge in [-0.3, -0.25) is 4.90 Å². The second-order valence-electron chi connectivity index (χ2n) is 6.23. The van der Waals surface area contributed by atoms with Gasteiger partial charge in [0, 0.05) is 45.3 Å². The lowest BCUT2D eigenvalue weighted by molar-refractivity contribution is 0.0600. The Morgan fingerprint density at radius 1 is 1.27 bits per heavy atom. The van der Waals surface area contributed by atoms with Crippen molar-refractivity contribution in [3.05, 3.63) is 28.8 Å². The van der Waals surface area contributed by atoms with Gasteiger partial charge in [0.25, 0.3) is 0 Å². The third-order valence-electron chi connectivity index (χ3n) is 4.76. The number of carbonyl (C=O) groups excluding carboxylic acids is 1. The number of hydrogen-bond donors (Lipinski definition) is 1. The Hall–Kier alpha value is -0.900. The van der Waals surface area contributed by atoms with E-state index in [1.807, 2.05) is 0 Å². The molecule has 0 radical (unpaired) electrons. The van der Waals surface area contributed by atoms with E-state index < -0.39 is 16.0 Å². The van der Waals surface area contributed by atoms with E-state index in [1.54, 1.807) is 0 Å². The van der Waals surface area contributed by atoms with Crippen LogP contribution < -0.4 is 5.32 Å². The van der Waals surface area contributed by atoms with Gasteiger partial charge in [-0.1, -0.05) is 11.6 Å². The topological polar surface area (TPSA) is 79.0 Å². The highest BCUT2D eigenvalue weighted by Crippen LogP contribution is 2.29. The van der Waals surface area contributed by atoms with Crippen LogP contribution >= 0.6 is 24.0 Å². The van der Waals surface area contributed by atoms with E-state index in [2.05, 4.69) is 15.0 Å². The van der Waals surface area contributed by atoms with Crippen LogP contribution in [0.25, 0.3) is 0 Å². The average Bonchev–Trinajstić information content (AvgIpc) is 3.12. The van der Waals surface area contributed by atoms with Crippen LogP contribution in [0, 0.1) is 0 Å². The fraction of sp³-hybridized carbons (Fsp3) is 0.562. The first-order valence-electron chi connectivity index (χ1n) is 8.26. The normalized spacial score (nSPS) is 22.0. The van der Waals surface area contributed by atoms with Crippen molar-refractivity contribution in [2.45, 2.75) is 17.4 Å². The Morgan fingerprint density at radius 2 is 1.96 bits per heavy atom. The number of hydrogen-bond acceptors (Lipinski definition) is 6. The van der Waals surface area contributed by atoms with Crippen LogP contribution in [-0.2, 0) is 14.8 Å². The van der Waals surface area contributed by atoms with E-state index in [0.29, 0.717) is 13.1 Å². The minimum absolute atomic E-state index is 0. The Balaban J connectivity index is 0.00000243. The monoisotopic (exact) mass is 423 g/mol. The van der Waals surface area contributed by atoms with Gasteiger partial charge in [0.2, 0.25) is 10.0 Å². The molecule has 7 nitrogen and oxygen atoms in total. The average molecular weight is 424 g/mol. The van der Waals surface area contributed by atoms with E-state index in [9.17, 15) is 13.2 Å². The molecule has 1 atom stereocenters. The molecule has 0 spiro atoms. The number of benzene rings is 1. The third-order valence-corrected chi connectivity index (χ3v) is 7.11. The van der Waals surface area contributed by atoms with Gasteiger partial charge < -0.3 is 10.1 Å². The summed E-state index contributed by atoms with van der Waals surface area (Å²) in [7, 11) is -2.42. The molecule has 2 fully saturated rings. The van der Waals surface area contributed by atoms with Crippen molar-refractivity contribution in [3.8, 4) is 0 Å². The standard InChI is InChI=1S/C16H22ClN3O4S.ClH/c1-24-16(21)12-2-3-15(14(17)10-12)25(22,23)20-7-4-13(11-20)19-8-5-18-6-9-19;/h2-3,10,13,18H,4-9,11H2,1H3;1H. The largest absolute Gasteiger partial charge is 0.465 e. The van der Waals surface area contributed by atoms with E-state index in [1.165, 1.54) is 29.6 Å². The summed E-state index contributed by atoms with van der Waals surface area (Å²) in [5, 5.41) is 3.34. The van der Waals surface area contributed by atoms with Gasteiger partial charge in [-0.15, -0.1) is 12.4 Å². The highest BCUT2D eigenvalue weighted by molar-refractivity contribution is 7.89. The zero-order valence-corrected chi connectivity index (χ0v) is 16.9. The van der Waals surface area contributed by atoms with Crippen molar-refractivity contribution < 1.29 is 17.9 Å². The Morgan fingerprint density at radius 3 is 2.58 bits per heavy atom. The third kappa shape index (κ3) is 4.32. The van der Waals surface area contributed by atoms with Gasteiger partial charge in [0.1, 0.15) is 4.90 Å². The van der Waals surface area contributed by atoms with Crippen molar-refractivity contribution in [2.75, 3.05) is 46.4 Å². The molecule has 2 aliphatic rings. The van der Waals surface area contributed by atoms with E-state index in [4.69, 9.17) is 11.6 Å². The molecule has 1 aromatic rings. The van der Waals surface area contributed by atoms with Crippen molar-refractivity contribution in [1.29, 1.82) is 0 Å². The minimum atomic E-state index is -3.68. The van der Waals surface area contributed by atoms with Gasteiger partial charge in [-0.25, -0.2) is 13.2 Å². The van der Waals surface area contributed by atoms with Crippen LogP contribution in [0.3, 0.4) is 0 Å². The number of methoxy groups -OCH3 is 1. The van der Waals surface area contributed by atoms with Gasteiger partial charge in [-0.05, 0) is 24.6 Å². The van der Waals surface area contributed by atoms with Crippen LogP contribution in [0.15, 0.2) is 23.1 Å².